The second-order valence-electron chi connectivity index (χ2n) is 5.97. The van der Waals surface area contributed by atoms with E-state index in [0.717, 1.165) is 18.2 Å². The van der Waals surface area contributed by atoms with Gasteiger partial charge in [-0.1, -0.05) is 26.8 Å². The van der Waals surface area contributed by atoms with Crippen molar-refractivity contribution < 1.29 is 19.1 Å². The Bertz CT molecular complexity index is 573. The molecule has 1 atom stereocenters. The van der Waals surface area contributed by atoms with Gasteiger partial charge in [0, 0.05) is 23.2 Å². The largest absolute Gasteiger partial charge is 0.478 e. The third-order valence-corrected chi connectivity index (χ3v) is 3.31. The molecule has 1 unspecified atom stereocenters. The molecule has 4 nitrogen and oxygen atoms in total. The summed E-state index contributed by atoms with van der Waals surface area (Å²) in [5.74, 6) is -2.15. The Kier molecular flexibility index (Phi) is 5.24. The topological polar surface area (TPSA) is 66.4 Å². The zero-order chi connectivity index (χ0) is 16.2. The number of carbonyl (C=O) groups excluding carboxylic acids is 1. The lowest BCUT2D eigenvalue weighted by Gasteiger charge is -2.28. The fourth-order valence-electron chi connectivity index (χ4n) is 1.46. The summed E-state index contributed by atoms with van der Waals surface area (Å²) in [6, 6.07) is 3.88. The van der Waals surface area contributed by atoms with Crippen LogP contribution in [0, 0.1) is 11.2 Å². The molecule has 114 valence electrons. The van der Waals surface area contributed by atoms with Gasteiger partial charge in [0.25, 0.3) is 5.91 Å². The highest BCUT2D eigenvalue weighted by atomic mass is 19.1. The van der Waals surface area contributed by atoms with Crippen LogP contribution in [0.5, 0.6) is 0 Å². The van der Waals surface area contributed by atoms with E-state index >= 15 is 0 Å². The van der Waals surface area contributed by atoms with Crippen LogP contribution in [-0.2, 0) is 4.79 Å². The summed E-state index contributed by atoms with van der Waals surface area (Å²) >= 11 is 0. The highest BCUT2D eigenvalue weighted by molar-refractivity contribution is 5.94. The normalized spacial score (nSPS) is 13.2. The monoisotopic (exact) mass is 293 g/mol. The van der Waals surface area contributed by atoms with E-state index in [1.54, 1.807) is 0 Å². The maximum Gasteiger partial charge on any atom is 0.328 e. The van der Waals surface area contributed by atoms with Crippen LogP contribution in [0.4, 0.5) is 4.39 Å². The molecular weight excluding hydrogens is 273 g/mol. The quantitative estimate of drug-likeness (QED) is 0.838. The average molecular weight is 293 g/mol. The van der Waals surface area contributed by atoms with Crippen LogP contribution >= 0.6 is 0 Å². The van der Waals surface area contributed by atoms with Gasteiger partial charge in [0.1, 0.15) is 5.82 Å². The maximum atomic E-state index is 13.8. The lowest BCUT2D eigenvalue weighted by atomic mass is 9.88. The number of carboxylic acid groups (broad SMARTS) is 1. The van der Waals surface area contributed by atoms with Crippen molar-refractivity contribution in [3.05, 3.63) is 41.2 Å². The summed E-state index contributed by atoms with van der Waals surface area (Å²) < 4.78 is 13.8. The van der Waals surface area contributed by atoms with Gasteiger partial charge in [0.05, 0.1) is 0 Å². The first-order chi connectivity index (χ1) is 9.61. The van der Waals surface area contributed by atoms with Gasteiger partial charge >= 0.3 is 5.97 Å². The Hall–Kier alpha value is -2.17. The summed E-state index contributed by atoms with van der Waals surface area (Å²) in [6.07, 6.45) is 2.00. The van der Waals surface area contributed by atoms with Gasteiger partial charge in [-0.15, -0.1) is 0 Å². The Labute approximate surface area is 123 Å². The molecule has 0 aliphatic carbocycles. The number of carboxylic acids is 1. The minimum Gasteiger partial charge on any atom is -0.478 e. The van der Waals surface area contributed by atoms with Gasteiger partial charge in [-0.2, -0.15) is 0 Å². The number of carbonyl (C=O) groups is 2. The highest BCUT2D eigenvalue weighted by Crippen LogP contribution is 2.19. The van der Waals surface area contributed by atoms with Crippen molar-refractivity contribution in [3.8, 4) is 0 Å². The van der Waals surface area contributed by atoms with Crippen molar-refractivity contribution in [3.63, 3.8) is 0 Å². The third-order valence-electron chi connectivity index (χ3n) is 3.31. The second kappa shape index (κ2) is 6.52. The lowest BCUT2D eigenvalue weighted by Crippen LogP contribution is -2.41. The van der Waals surface area contributed by atoms with Gasteiger partial charge in [0.2, 0.25) is 0 Å². The van der Waals surface area contributed by atoms with Crippen LogP contribution in [0.1, 0.15) is 43.6 Å². The summed E-state index contributed by atoms with van der Waals surface area (Å²) in [5.41, 5.74) is 0.229. The number of halogens is 1. The van der Waals surface area contributed by atoms with Crippen molar-refractivity contribution in [2.75, 3.05) is 0 Å². The molecule has 0 saturated carbocycles. The van der Waals surface area contributed by atoms with Crippen molar-refractivity contribution in [1.82, 2.24) is 5.32 Å². The SMILES string of the molecule is CC(NC(=O)c1ccc(/C=C/C(=O)O)c(F)c1)C(C)(C)C. The second-order valence-corrected chi connectivity index (χ2v) is 5.97. The fraction of sp³-hybridized carbons (Fsp3) is 0.375. The Morgan fingerprint density at radius 3 is 2.43 bits per heavy atom. The highest BCUT2D eigenvalue weighted by Gasteiger charge is 2.22. The number of nitrogens with one attached hydrogen (secondary N) is 1. The number of hydrogen-bond donors (Lipinski definition) is 2. The molecule has 0 spiro atoms. The van der Waals surface area contributed by atoms with E-state index in [1.165, 1.54) is 12.1 Å². The van der Waals surface area contributed by atoms with E-state index in [9.17, 15) is 14.0 Å². The van der Waals surface area contributed by atoms with Gasteiger partial charge in [-0.25, -0.2) is 9.18 Å². The Balaban J connectivity index is 2.89. The van der Waals surface area contributed by atoms with E-state index < -0.39 is 11.8 Å². The number of benzene rings is 1. The Morgan fingerprint density at radius 2 is 1.95 bits per heavy atom. The van der Waals surface area contributed by atoms with Crippen LogP contribution < -0.4 is 5.32 Å². The predicted molar refractivity (Wildman–Crippen MR) is 79.5 cm³/mol. The van der Waals surface area contributed by atoms with E-state index in [2.05, 4.69) is 5.32 Å². The van der Waals surface area contributed by atoms with E-state index in [0.29, 0.717) is 0 Å². The molecule has 0 bridgehead atoms. The molecule has 0 aromatic heterocycles. The van der Waals surface area contributed by atoms with Crippen molar-refractivity contribution in [2.24, 2.45) is 5.41 Å². The summed E-state index contributed by atoms with van der Waals surface area (Å²) in [6.45, 7) is 7.88. The van der Waals surface area contributed by atoms with Crippen LogP contribution in [-0.4, -0.2) is 23.0 Å². The summed E-state index contributed by atoms with van der Waals surface area (Å²) in [5, 5.41) is 11.3. The van der Waals surface area contributed by atoms with E-state index in [-0.39, 0.29) is 28.5 Å². The molecule has 0 heterocycles. The minimum atomic E-state index is -1.16. The number of amides is 1. The number of hydrogen-bond acceptors (Lipinski definition) is 2. The van der Waals surface area contributed by atoms with Crippen LogP contribution in [0.15, 0.2) is 24.3 Å². The van der Waals surface area contributed by atoms with Crippen LogP contribution in [0.25, 0.3) is 6.08 Å². The molecule has 5 heteroatoms. The molecule has 0 aliphatic heterocycles. The molecule has 1 amide bonds. The Morgan fingerprint density at radius 1 is 1.33 bits per heavy atom. The summed E-state index contributed by atoms with van der Waals surface area (Å²) in [7, 11) is 0. The van der Waals surface area contributed by atoms with Crippen LogP contribution in [0.3, 0.4) is 0 Å². The van der Waals surface area contributed by atoms with Gasteiger partial charge in [-0.05, 0) is 30.5 Å². The summed E-state index contributed by atoms with van der Waals surface area (Å²) in [4.78, 5) is 22.4. The first-order valence-electron chi connectivity index (χ1n) is 6.62. The van der Waals surface area contributed by atoms with E-state index in [1.807, 2.05) is 27.7 Å². The molecule has 0 aliphatic rings. The van der Waals surface area contributed by atoms with Crippen molar-refractivity contribution in [1.29, 1.82) is 0 Å². The first-order valence-corrected chi connectivity index (χ1v) is 6.62. The number of aliphatic carboxylic acids is 1. The molecule has 0 saturated heterocycles. The zero-order valence-corrected chi connectivity index (χ0v) is 12.6. The maximum absolute atomic E-state index is 13.8. The molecule has 0 fully saturated rings. The molecule has 2 N–H and O–H groups in total. The molecule has 1 rings (SSSR count). The standard InChI is InChI=1S/C16H20FNO3/c1-10(16(2,3)4)18-15(21)12-6-5-11(13(17)9-12)7-8-14(19)20/h5-10H,1-4H3,(H,18,21)(H,19,20)/b8-7+. The van der Waals surface area contributed by atoms with Gasteiger partial charge < -0.3 is 10.4 Å². The van der Waals surface area contributed by atoms with Crippen molar-refractivity contribution >= 4 is 18.0 Å². The predicted octanol–water partition coefficient (Wildman–Crippen LogP) is 3.09. The molecular formula is C16H20FNO3. The minimum absolute atomic E-state index is 0.0698. The van der Waals surface area contributed by atoms with E-state index in [4.69, 9.17) is 5.11 Å². The first kappa shape index (κ1) is 16.9. The van der Waals surface area contributed by atoms with Gasteiger partial charge in [-0.3, -0.25) is 4.79 Å². The van der Waals surface area contributed by atoms with Crippen molar-refractivity contribution in [2.45, 2.75) is 33.7 Å². The van der Waals surface area contributed by atoms with Crippen LogP contribution in [0.2, 0.25) is 0 Å². The molecule has 21 heavy (non-hydrogen) atoms. The zero-order valence-electron chi connectivity index (χ0n) is 12.6. The fourth-order valence-corrected chi connectivity index (χ4v) is 1.46. The van der Waals surface area contributed by atoms with Gasteiger partial charge in [0.15, 0.2) is 0 Å². The molecule has 1 aromatic rings. The molecule has 0 radical (unpaired) electrons. The molecule has 1 aromatic carbocycles. The third kappa shape index (κ3) is 5.02. The number of rotatable bonds is 4. The lowest BCUT2D eigenvalue weighted by molar-refractivity contribution is -0.131. The average Bonchev–Trinajstić information content (AvgIpc) is 2.35. The smallest absolute Gasteiger partial charge is 0.328 e.